The van der Waals surface area contributed by atoms with Crippen LogP contribution in [0.3, 0.4) is 0 Å². The molecular formula is C26H29Cl2N3O4. The van der Waals surface area contributed by atoms with Gasteiger partial charge in [-0.05, 0) is 41.7 Å². The number of carboxylic acid groups (broad SMARTS) is 1. The highest BCUT2D eigenvalue weighted by Gasteiger charge is 2.29. The standard InChI is InChI=1S/C26H29Cl2N3O4/c1-17(2)8-23(25(32)33)30-24(26(34)35-15-18-6-4-3-5-7-18)12-22-13-29-16-31(22)14-19-9-20(27)11-21(28)10-19/h3-7,9-11,13,16-17,23-24,30H,8,12,14-15H2,1-2H3,(H,32,33)/t23-,24-/m0/s1. The van der Waals surface area contributed by atoms with E-state index in [1.165, 1.54) is 0 Å². The van der Waals surface area contributed by atoms with Crippen molar-refractivity contribution in [3.63, 3.8) is 0 Å². The van der Waals surface area contributed by atoms with E-state index in [9.17, 15) is 14.7 Å². The summed E-state index contributed by atoms with van der Waals surface area (Å²) in [7, 11) is 0. The lowest BCUT2D eigenvalue weighted by Crippen LogP contribution is -2.49. The third-order valence-corrected chi connectivity index (χ3v) is 5.84. The number of esters is 1. The molecule has 2 N–H and O–H groups in total. The summed E-state index contributed by atoms with van der Waals surface area (Å²) >= 11 is 12.3. The van der Waals surface area contributed by atoms with Gasteiger partial charge in [-0.15, -0.1) is 0 Å². The molecule has 0 saturated heterocycles. The maximum absolute atomic E-state index is 13.1. The zero-order valence-corrected chi connectivity index (χ0v) is 21.2. The smallest absolute Gasteiger partial charge is 0.323 e. The van der Waals surface area contributed by atoms with Gasteiger partial charge >= 0.3 is 11.9 Å². The van der Waals surface area contributed by atoms with Crippen molar-refractivity contribution in [3.8, 4) is 0 Å². The third-order valence-electron chi connectivity index (χ3n) is 5.40. The van der Waals surface area contributed by atoms with E-state index < -0.39 is 24.0 Å². The van der Waals surface area contributed by atoms with Crippen molar-refractivity contribution in [2.24, 2.45) is 5.92 Å². The second-order valence-electron chi connectivity index (χ2n) is 8.83. The van der Waals surface area contributed by atoms with Gasteiger partial charge in [-0.1, -0.05) is 67.4 Å². The van der Waals surface area contributed by atoms with Crippen LogP contribution in [0.25, 0.3) is 0 Å². The van der Waals surface area contributed by atoms with Crippen LogP contribution in [0, 0.1) is 5.92 Å². The molecular weight excluding hydrogens is 489 g/mol. The summed E-state index contributed by atoms with van der Waals surface area (Å²) in [5.41, 5.74) is 2.46. The van der Waals surface area contributed by atoms with E-state index in [0.717, 1.165) is 16.8 Å². The summed E-state index contributed by atoms with van der Waals surface area (Å²) < 4.78 is 7.43. The minimum absolute atomic E-state index is 0.0973. The van der Waals surface area contributed by atoms with Crippen molar-refractivity contribution in [3.05, 3.63) is 87.9 Å². The number of aliphatic carboxylic acids is 1. The predicted molar refractivity (Wildman–Crippen MR) is 136 cm³/mol. The molecule has 3 rings (SSSR count). The van der Waals surface area contributed by atoms with E-state index in [2.05, 4.69) is 10.3 Å². The van der Waals surface area contributed by atoms with Crippen LogP contribution in [-0.2, 0) is 33.9 Å². The van der Waals surface area contributed by atoms with Gasteiger partial charge in [-0.3, -0.25) is 14.9 Å². The van der Waals surface area contributed by atoms with E-state index in [1.54, 1.807) is 18.6 Å². The Morgan fingerprint density at radius 2 is 1.74 bits per heavy atom. The lowest BCUT2D eigenvalue weighted by molar-refractivity contribution is -0.148. The number of rotatable bonds is 12. The summed E-state index contributed by atoms with van der Waals surface area (Å²) in [6.07, 6.45) is 3.88. The molecule has 0 aliphatic heterocycles. The second kappa shape index (κ2) is 12.7. The number of ether oxygens (including phenoxy) is 1. The minimum Gasteiger partial charge on any atom is -0.480 e. The summed E-state index contributed by atoms with van der Waals surface area (Å²) in [4.78, 5) is 29.2. The summed E-state index contributed by atoms with van der Waals surface area (Å²) in [6, 6.07) is 12.8. The Hall–Kier alpha value is -2.87. The van der Waals surface area contributed by atoms with E-state index in [0.29, 0.717) is 23.0 Å². The molecule has 0 bridgehead atoms. The molecule has 2 atom stereocenters. The highest BCUT2D eigenvalue weighted by atomic mass is 35.5. The van der Waals surface area contributed by atoms with E-state index in [-0.39, 0.29) is 18.9 Å². The molecule has 0 aliphatic carbocycles. The lowest BCUT2D eigenvalue weighted by Gasteiger charge is -2.24. The molecule has 0 amide bonds. The van der Waals surface area contributed by atoms with Gasteiger partial charge in [-0.25, -0.2) is 4.98 Å². The largest absolute Gasteiger partial charge is 0.480 e. The Kier molecular flexibility index (Phi) is 9.72. The molecule has 3 aromatic rings. The average molecular weight is 518 g/mol. The normalized spacial score (nSPS) is 12.9. The first-order valence-corrected chi connectivity index (χ1v) is 12.1. The van der Waals surface area contributed by atoms with Gasteiger partial charge in [0.1, 0.15) is 18.7 Å². The summed E-state index contributed by atoms with van der Waals surface area (Å²) in [5.74, 6) is -1.41. The number of hydrogen-bond donors (Lipinski definition) is 2. The van der Waals surface area contributed by atoms with Crippen LogP contribution >= 0.6 is 23.2 Å². The zero-order valence-electron chi connectivity index (χ0n) is 19.7. The lowest BCUT2D eigenvalue weighted by atomic mass is 10.0. The van der Waals surface area contributed by atoms with Gasteiger partial charge < -0.3 is 14.4 Å². The maximum Gasteiger partial charge on any atom is 0.323 e. The number of carboxylic acids is 1. The van der Waals surface area contributed by atoms with Gasteiger partial charge in [0.15, 0.2) is 0 Å². The number of halogens is 2. The molecule has 0 radical (unpaired) electrons. The van der Waals surface area contributed by atoms with E-state index >= 15 is 0 Å². The fraction of sp³-hybridized carbons (Fsp3) is 0.346. The summed E-state index contributed by atoms with van der Waals surface area (Å²) in [5, 5.41) is 13.8. The molecule has 186 valence electrons. The van der Waals surface area contributed by atoms with E-state index in [4.69, 9.17) is 27.9 Å². The maximum atomic E-state index is 13.1. The average Bonchev–Trinajstić information content (AvgIpc) is 3.22. The number of benzene rings is 2. The Balaban J connectivity index is 1.80. The Morgan fingerprint density at radius 3 is 2.37 bits per heavy atom. The van der Waals surface area contributed by atoms with Crippen LogP contribution < -0.4 is 5.32 Å². The number of hydrogen-bond acceptors (Lipinski definition) is 5. The fourth-order valence-corrected chi connectivity index (χ4v) is 4.33. The van der Waals surface area contributed by atoms with Gasteiger partial charge in [-0.2, -0.15) is 0 Å². The number of nitrogens with one attached hydrogen (secondary N) is 1. The monoisotopic (exact) mass is 517 g/mol. The summed E-state index contributed by atoms with van der Waals surface area (Å²) in [6.45, 7) is 4.41. The third kappa shape index (κ3) is 8.38. The van der Waals surface area contributed by atoms with Crippen LogP contribution in [-0.4, -0.2) is 38.7 Å². The SMILES string of the molecule is CC(C)C[C@H](N[C@@H](Cc1cncn1Cc1cc(Cl)cc(Cl)c1)C(=O)OCc1ccccc1)C(=O)O. The fourth-order valence-electron chi connectivity index (χ4n) is 3.76. The quantitative estimate of drug-likeness (QED) is 0.329. The zero-order chi connectivity index (χ0) is 25.4. The highest BCUT2D eigenvalue weighted by Crippen LogP contribution is 2.20. The minimum atomic E-state index is -1.01. The molecule has 35 heavy (non-hydrogen) atoms. The van der Waals surface area contributed by atoms with Crippen LogP contribution in [0.4, 0.5) is 0 Å². The topological polar surface area (TPSA) is 93.5 Å². The molecule has 7 nitrogen and oxygen atoms in total. The first kappa shape index (κ1) is 26.7. The van der Waals surface area contributed by atoms with Crippen molar-refractivity contribution in [1.29, 1.82) is 0 Å². The van der Waals surface area contributed by atoms with Crippen molar-refractivity contribution in [1.82, 2.24) is 14.9 Å². The number of carbonyl (C=O) groups is 2. The Bertz CT molecular complexity index is 1110. The number of nitrogens with zero attached hydrogens (tertiary/aromatic N) is 2. The Morgan fingerprint density at radius 1 is 1.06 bits per heavy atom. The highest BCUT2D eigenvalue weighted by molar-refractivity contribution is 6.34. The number of imidazole rings is 1. The molecule has 9 heteroatoms. The van der Waals surface area contributed by atoms with Crippen molar-refractivity contribution in [2.45, 2.75) is 51.9 Å². The first-order chi connectivity index (χ1) is 16.7. The van der Waals surface area contributed by atoms with Crippen molar-refractivity contribution in [2.75, 3.05) is 0 Å². The van der Waals surface area contributed by atoms with Crippen LogP contribution in [0.5, 0.6) is 0 Å². The number of aromatic nitrogens is 2. The van der Waals surface area contributed by atoms with Gasteiger partial charge in [0, 0.05) is 34.9 Å². The first-order valence-electron chi connectivity index (χ1n) is 11.3. The van der Waals surface area contributed by atoms with E-state index in [1.807, 2.05) is 60.9 Å². The van der Waals surface area contributed by atoms with Crippen molar-refractivity contribution >= 4 is 35.1 Å². The predicted octanol–water partition coefficient (Wildman–Crippen LogP) is 4.98. The Labute approximate surface area is 215 Å². The molecule has 0 fully saturated rings. The molecule has 0 saturated carbocycles. The van der Waals surface area contributed by atoms with Crippen LogP contribution in [0.15, 0.2) is 61.1 Å². The molecule has 0 spiro atoms. The molecule has 0 aliphatic rings. The van der Waals surface area contributed by atoms with Crippen molar-refractivity contribution < 1.29 is 19.4 Å². The van der Waals surface area contributed by atoms with Gasteiger partial charge in [0.2, 0.25) is 0 Å². The number of carbonyl (C=O) groups excluding carboxylic acids is 1. The molecule has 0 unspecified atom stereocenters. The van der Waals surface area contributed by atoms with Gasteiger partial charge in [0.05, 0.1) is 6.33 Å². The van der Waals surface area contributed by atoms with Gasteiger partial charge in [0.25, 0.3) is 0 Å². The van der Waals surface area contributed by atoms with Crippen LogP contribution in [0.2, 0.25) is 10.0 Å². The molecule has 2 aromatic carbocycles. The second-order valence-corrected chi connectivity index (χ2v) is 9.70. The molecule has 1 heterocycles. The van der Waals surface area contributed by atoms with Crippen LogP contribution in [0.1, 0.15) is 37.1 Å². The molecule has 1 aromatic heterocycles.